The van der Waals surface area contributed by atoms with Gasteiger partial charge in [0.2, 0.25) is 5.91 Å². The number of thioether (sulfide) groups is 1. The van der Waals surface area contributed by atoms with Crippen molar-refractivity contribution in [1.29, 1.82) is 0 Å². The molecule has 1 aliphatic rings. The van der Waals surface area contributed by atoms with Crippen molar-refractivity contribution in [3.8, 4) is 0 Å². The number of benzene rings is 1. The number of hydrogen-bond donors (Lipinski definition) is 0. The molecule has 1 fully saturated rings. The van der Waals surface area contributed by atoms with E-state index in [0.29, 0.717) is 29.6 Å². The predicted molar refractivity (Wildman–Crippen MR) is 100 cm³/mol. The van der Waals surface area contributed by atoms with Crippen LogP contribution in [0.4, 0.5) is 10.5 Å². The van der Waals surface area contributed by atoms with E-state index in [9.17, 15) is 14.4 Å². The Kier molecular flexibility index (Phi) is 4.79. The molecule has 26 heavy (non-hydrogen) atoms. The first-order valence-corrected chi connectivity index (χ1v) is 9.21. The van der Waals surface area contributed by atoms with Crippen LogP contribution >= 0.6 is 11.8 Å². The molecule has 0 aliphatic carbocycles. The molecule has 3 rings (SSSR count). The number of fused-ring (bicyclic) bond motifs is 1. The average Bonchev–Trinajstić information content (AvgIpc) is 3.08. The summed E-state index contributed by atoms with van der Waals surface area (Å²) in [5.74, 6) is -0.0405. The van der Waals surface area contributed by atoms with Crippen LogP contribution in [0, 0.1) is 0 Å². The van der Waals surface area contributed by atoms with Crippen molar-refractivity contribution in [3.05, 3.63) is 24.4 Å². The van der Waals surface area contributed by atoms with Crippen molar-refractivity contribution in [1.82, 2.24) is 9.78 Å². The Morgan fingerprint density at radius 1 is 1.31 bits per heavy atom. The second kappa shape index (κ2) is 6.75. The number of nitrogens with zero attached hydrogens (tertiary/aromatic N) is 3. The number of aromatic nitrogens is 2. The fourth-order valence-corrected chi connectivity index (χ4v) is 3.86. The first kappa shape index (κ1) is 18.4. The van der Waals surface area contributed by atoms with E-state index in [0.717, 1.165) is 0 Å². The summed E-state index contributed by atoms with van der Waals surface area (Å²) in [6.45, 7) is 7.33. The van der Waals surface area contributed by atoms with Gasteiger partial charge in [0.1, 0.15) is 5.60 Å². The minimum Gasteiger partial charge on any atom is -0.442 e. The molecule has 1 saturated heterocycles. The third kappa shape index (κ3) is 3.75. The minimum atomic E-state index is -0.630. The second-order valence-corrected chi connectivity index (χ2v) is 8.66. The Hall–Kier alpha value is -2.35. The zero-order valence-electron chi connectivity index (χ0n) is 15.2. The number of amides is 1. The molecule has 1 aromatic carbocycles. The van der Waals surface area contributed by atoms with E-state index in [1.165, 1.54) is 23.4 Å². The number of rotatable bonds is 2. The van der Waals surface area contributed by atoms with Crippen molar-refractivity contribution in [2.45, 2.75) is 45.0 Å². The monoisotopic (exact) mass is 375 g/mol. The smallest absolute Gasteiger partial charge is 0.435 e. The maximum absolute atomic E-state index is 12.4. The largest absolute Gasteiger partial charge is 0.442 e. The van der Waals surface area contributed by atoms with Gasteiger partial charge in [-0.2, -0.15) is 9.78 Å². The molecular weight excluding hydrogens is 354 g/mol. The molecule has 0 N–H and O–H groups in total. The molecular formula is C18H21N3O4S. The maximum Gasteiger partial charge on any atom is 0.435 e. The SMILES string of the molecule is CC(=O)SC1CC(=O)N(c2cccc3c2cnn3C(=O)OC(C)(C)C)C1. The molecule has 138 valence electrons. The van der Waals surface area contributed by atoms with Crippen LogP contribution in [0.2, 0.25) is 0 Å². The molecule has 7 nitrogen and oxygen atoms in total. The standard InChI is InChI=1S/C18H21N3O4S/c1-11(22)26-12-8-16(23)20(10-12)14-6-5-7-15-13(14)9-19-21(15)17(24)25-18(2,3)4/h5-7,9,12H,8,10H2,1-4H3. The quantitative estimate of drug-likeness (QED) is 0.802. The van der Waals surface area contributed by atoms with E-state index in [1.807, 2.05) is 6.07 Å². The highest BCUT2D eigenvalue weighted by atomic mass is 32.2. The summed E-state index contributed by atoms with van der Waals surface area (Å²) in [5, 5.41) is 4.78. The zero-order valence-corrected chi connectivity index (χ0v) is 16.0. The summed E-state index contributed by atoms with van der Waals surface area (Å²) < 4.78 is 6.58. The molecule has 0 saturated carbocycles. The molecule has 8 heteroatoms. The van der Waals surface area contributed by atoms with Crippen LogP contribution in [0.1, 0.15) is 34.1 Å². The maximum atomic E-state index is 12.4. The van der Waals surface area contributed by atoms with Crippen molar-refractivity contribution < 1.29 is 19.1 Å². The third-order valence-corrected chi connectivity index (χ3v) is 4.85. The van der Waals surface area contributed by atoms with Crippen LogP contribution in [-0.2, 0) is 14.3 Å². The molecule has 1 amide bonds. The van der Waals surface area contributed by atoms with Crippen molar-refractivity contribution in [2.24, 2.45) is 0 Å². The summed E-state index contributed by atoms with van der Waals surface area (Å²) >= 11 is 1.19. The molecule has 2 heterocycles. The van der Waals surface area contributed by atoms with Crippen LogP contribution < -0.4 is 4.90 Å². The summed E-state index contributed by atoms with van der Waals surface area (Å²) in [5.41, 5.74) is 0.635. The van der Waals surface area contributed by atoms with Gasteiger partial charge in [-0.05, 0) is 32.9 Å². The first-order chi connectivity index (χ1) is 12.2. The normalized spacial score (nSPS) is 17.8. The Morgan fingerprint density at radius 3 is 2.69 bits per heavy atom. The molecule has 2 aromatic rings. The number of carbonyl (C=O) groups is 3. The summed E-state index contributed by atoms with van der Waals surface area (Å²) in [7, 11) is 0. The van der Waals surface area contributed by atoms with Gasteiger partial charge in [0.25, 0.3) is 0 Å². The number of hydrogen-bond acceptors (Lipinski definition) is 6. The highest BCUT2D eigenvalue weighted by Crippen LogP contribution is 2.33. The van der Waals surface area contributed by atoms with Gasteiger partial charge in [-0.3, -0.25) is 9.59 Å². The molecule has 1 atom stereocenters. The molecule has 1 unspecified atom stereocenters. The Morgan fingerprint density at radius 2 is 2.04 bits per heavy atom. The van der Waals surface area contributed by atoms with Crippen LogP contribution in [0.5, 0.6) is 0 Å². The van der Waals surface area contributed by atoms with E-state index in [2.05, 4.69) is 5.10 Å². The lowest BCUT2D eigenvalue weighted by atomic mass is 10.2. The van der Waals surface area contributed by atoms with Crippen molar-refractivity contribution in [3.63, 3.8) is 0 Å². The molecule has 1 aromatic heterocycles. The predicted octanol–water partition coefficient (Wildman–Crippen LogP) is 3.20. The lowest BCUT2D eigenvalue weighted by Gasteiger charge is -2.19. The Bertz CT molecular complexity index is 884. The van der Waals surface area contributed by atoms with Gasteiger partial charge in [-0.1, -0.05) is 17.8 Å². The molecule has 1 aliphatic heterocycles. The van der Waals surface area contributed by atoms with E-state index in [-0.39, 0.29) is 16.3 Å². The van der Waals surface area contributed by atoms with Gasteiger partial charge >= 0.3 is 6.09 Å². The van der Waals surface area contributed by atoms with Gasteiger partial charge in [0.05, 0.1) is 17.4 Å². The minimum absolute atomic E-state index is 0.000559. The average molecular weight is 375 g/mol. The van der Waals surface area contributed by atoms with Gasteiger partial charge in [0, 0.05) is 30.5 Å². The topological polar surface area (TPSA) is 81.5 Å². The lowest BCUT2D eigenvalue weighted by molar-refractivity contribution is -0.117. The van der Waals surface area contributed by atoms with Crippen molar-refractivity contribution >= 4 is 45.5 Å². The number of anilines is 1. The number of ether oxygens (including phenoxy) is 1. The van der Waals surface area contributed by atoms with Gasteiger partial charge in [-0.25, -0.2) is 4.79 Å². The van der Waals surface area contributed by atoms with Crippen molar-refractivity contribution in [2.75, 3.05) is 11.4 Å². The van der Waals surface area contributed by atoms with E-state index >= 15 is 0 Å². The van der Waals surface area contributed by atoms with Gasteiger partial charge in [0.15, 0.2) is 5.12 Å². The summed E-state index contributed by atoms with van der Waals surface area (Å²) in [6, 6.07) is 5.36. The third-order valence-electron chi connectivity index (χ3n) is 3.87. The zero-order chi connectivity index (χ0) is 19.1. The number of carbonyl (C=O) groups excluding carboxylic acids is 3. The summed E-state index contributed by atoms with van der Waals surface area (Å²) in [4.78, 5) is 37.8. The highest BCUT2D eigenvalue weighted by Gasteiger charge is 2.33. The van der Waals surface area contributed by atoms with Gasteiger partial charge < -0.3 is 9.64 Å². The first-order valence-electron chi connectivity index (χ1n) is 8.33. The van der Waals surface area contributed by atoms with Gasteiger partial charge in [-0.15, -0.1) is 0 Å². The van der Waals surface area contributed by atoms with Crippen LogP contribution in [0.3, 0.4) is 0 Å². The van der Waals surface area contributed by atoms with Crippen LogP contribution in [0.25, 0.3) is 10.9 Å². The van der Waals surface area contributed by atoms with Crippen LogP contribution in [0.15, 0.2) is 24.4 Å². The second-order valence-electron chi connectivity index (χ2n) is 7.19. The van der Waals surface area contributed by atoms with E-state index < -0.39 is 11.7 Å². The lowest BCUT2D eigenvalue weighted by Crippen LogP contribution is -2.27. The van der Waals surface area contributed by atoms with Crippen LogP contribution in [-0.4, -0.2) is 44.3 Å². The Balaban J connectivity index is 1.93. The highest BCUT2D eigenvalue weighted by molar-refractivity contribution is 8.14. The van der Waals surface area contributed by atoms with E-state index in [4.69, 9.17) is 4.74 Å². The van der Waals surface area contributed by atoms with E-state index in [1.54, 1.807) is 44.0 Å². The Labute approximate surface area is 155 Å². The fraction of sp³-hybridized carbons (Fsp3) is 0.444. The molecule has 0 bridgehead atoms. The fourth-order valence-electron chi connectivity index (χ4n) is 2.94. The molecule has 0 radical (unpaired) electrons. The summed E-state index contributed by atoms with van der Waals surface area (Å²) in [6.07, 6.45) is 1.32. The molecule has 0 spiro atoms.